The van der Waals surface area contributed by atoms with E-state index in [1.807, 2.05) is 12.1 Å². The average Bonchev–Trinajstić information content (AvgIpc) is 3.07. The monoisotopic (exact) mass is 334 g/mol. The molecule has 1 aliphatic heterocycles. The molecule has 0 aromatic carbocycles. The zero-order valence-electron chi connectivity index (χ0n) is 13.1. The maximum absolute atomic E-state index is 12.6. The number of piperidine rings is 1. The van der Waals surface area contributed by atoms with Crippen molar-refractivity contribution in [1.29, 1.82) is 5.26 Å². The zero-order chi connectivity index (χ0) is 16.3. The lowest BCUT2D eigenvalue weighted by molar-refractivity contribution is 0.506. The van der Waals surface area contributed by atoms with Gasteiger partial charge in [0.15, 0.2) is 0 Å². The van der Waals surface area contributed by atoms with Crippen molar-refractivity contribution in [3.8, 4) is 6.07 Å². The summed E-state index contributed by atoms with van der Waals surface area (Å²) in [5.41, 5.74) is 1.25. The average molecular weight is 334 g/mol. The van der Waals surface area contributed by atoms with Crippen LogP contribution in [0, 0.1) is 11.3 Å². The highest BCUT2D eigenvalue weighted by Crippen LogP contribution is 2.24. The minimum atomic E-state index is -3.28. The van der Waals surface area contributed by atoms with E-state index in [1.54, 1.807) is 12.3 Å². The van der Waals surface area contributed by atoms with Crippen LogP contribution in [0.1, 0.15) is 44.2 Å². The Morgan fingerprint density at radius 3 is 2.65 bits per heavy atom. The van der Waals surface area contributed by atoms with Gasteiger partial charge < -0.3 is 4.90 Å². The van der Waals surface area contributed by atoms with E-state index in [4.69, 9.17) is 5.26 Å². The number of anilines is 1. The summed E-state index contributed by atoms with van der Waals surface area (Å²) in [5, 5.41) is 8.43. The first-order valence-corrected chi connectivity index (χ1v) is 9.75. The van der Waals surface area contributed by atoms with Crippen molar-refractivity contribution >= 4 is 15.7 Å². The van der Waals surface area contributed by atoms with Crippen molar-refractivity contribution in [1.82, 2.24) is 9.71 Å². The third-order valence-electron chi connectivity index (χ3n) is 4.73. The van der Waals surface area contributed by atoms with Gasteiger partial charge in [0, 0.05) is 19.1 Å². The molecule has 1 atom stereocenters. The smallest absolute Gasteiger partial charge is 0.216 e. The van der Waals surface area contributed by atoms with Crippen LogP contribution in [-0.4, -0.2) is 37.8 Å². The summed E-state index contributed by atoms with van der Waals surface area (Å²) in [4.78, 5) is 6.13. The molecule has 2 heterocycles. The van der Waals surface area contributed by atoms with Gasteiger partial charge in [-0.05, 0) is 37.8 Å². The molecule has 7 heteroatoms. The first-order chi connectivity index (χ1) is 11.1. The molecule has 0 amide bonds. The fourth-order valence-electron chi connectivity index (χ4n) is 3.44. The second-order valence-corrected chi connectivity index (χ2v) is 8.36. The van der Waals surface area contributed by atoms with Crippen molar-refractivity contribution in [3.05, 3.63) is 24.0 Å². The van der Waals surface area contributed by atoms with Crippen LogP contribution in [0.25, 0.3) is 0 Å². The van der Waals surface area contributed by atoms with Gasteiger partial charge in [-0.1, -0.05) is 12.8 Å². The standard InChI is InChI=1S/C16H22N4O2S/c17-10-14-7-8-15(11-18-14)20-9-3-6-16(12-20)23(21,22)19-13-4-1-2-5-13/h7-8,11,13,16,19H,1-6,9,12H2. The lowest BCUT2D eigenvalue weighted by Gasteiger charge is -2.34. The topological polar surface area (TPSA) is 86.1 Å². The third kappa shape index (κ3) is 3.82. The molecule has 1 unspecified atom stereocenters. The molecule has 1 aromatic heterocycles. The minimum Gasteiger partial charge on any atom is -0.369 e. The molecule has 1 aromatic rings. The maximum atomic E-state index is 12.6. The molecule has 2 fully saturated rings. The highest BCUT2D eigenvalue weighted by Gasteiger charge is 2.33. The summed E-state index contributed by atoms with van der Waals surface area (Å²) in [6.07, 6.45) is 7.32. The molecule has 23 heavy (non-hydrogen) atoms. The van der Waals surface area contributed by atoms with Gasteiger partial charge in [0.05, 0.1) is 17.1 Å². The molecule has 1 saturated heterocycles. The summed E-state index contributed by atoms with van der Waals surface area (Å²) in [6, 6.07) is 5.62. The molecule has 0 radical (unpaired) electrons. The Labute approximate surface area is 137 Å². The molecule has 124 valence electrons. The van der Waals surface area contributed by atoms with Gasteiger partial charge in [0.25, 0.3) is 0 Å². The predicted molar refractivity (Wildman–Crippen MR) is 88.5 cm³/mol. The van der Waals surface area contributed by atoms with E-state index in [0.717, 1.165) is 44.3 Å². The number of pyridine rings is 1. The third-order valence-corrected chi connectivity index (χ3v) is 6.65. The lowest BCUT2D eigenvalue weighted by atomic mass is 10.1. The fraction of sp³-hybridized carbons (Fsp3) is 0.625. The molecule has 6 nitrogen and oxygen atoms in total. The molecular weight excluding hydrogens is 312 g/mol. The number of hydrogen-bond donors (Lipinski definition) is 1. The quantitative estimate of drug-likeness (QED) is 0.907. The van der Waals surface area contributed by atoms with Crippen LogP contribution in [0.3, 0.4) is 0 Å². The number of sulfonamides is 1. The van der Waals surface area contributed by atoms with Gasteiger partial charge in [-0.3, -0.25) is 0 Å². The van der Waals surface area contributed by atoms with Gasteiger partial charge in [0.1, 0.15) is 11.8 Å². The zero-order valence-corrected chi connectivity index (χ0v) is 13.9. The number of nitrogens with one attached hydrogen (secondary N) is 1. The largest absolute Gasteiger partial charge is 0.369 e. The highest BCUT2D eigenvalue weighted by molar-refractivity contribution is 7.90. The number of hydrogen-bond acceptors (Lipinski definition) is 5. The van der Waals surface area contributed by atoms with Crippen LogP contribution in [-0.2, 0) is 10.0 Å². The van der Waals surface area contributed by atoms with Crippen LogP contribution in [0.2, 0.25) is 0 Å². The summed E-state index contributed by atoms with van der Waals surface area (Å²) < 4.78 is 28.1. The van der Waals surface area contributed by atoms with Crippen LogP contribution < -0.4 is 9.62 Å². The van der Waals surface area contributed by atoms with E-state index in [1.165, 1.54) is 0 Å². The molecule has 0 bridgehead atoms. The fourth-order valence-corrected chi connectivity index (χ4v) is 5.18. The maximum Gasteiger partial charge on any atom is 0.216 e. The first kappa shape index (κ1) is 16.2. The highest BCUT2D eigenvalue weighted by atomic mass is 32.2. The van der Waals surface area contributed by atoms with Gasteiger partial charge in [-0.15, -0.1) is 0 Å². The van der Waals surface area contributed by atoms with Crippen molar-refractivity contribution in [2.75, 3.05) is 18.0 Å². The van der Waals surface area contributed by atoms with Crippen molar-refractivity contribution in [2.45, 2.75) is 49.8 Å². The number of rotatable bonds is 4. The van der Waals surface area contributed by atoms with E-state index in [-0.39, 0.29) is 11.3 Å². The van der Waals surface area contributed by atoms with E-state index in [2.05, 4.69) is 14.6 Å². The number of nitrogens with zero attached hydrogens (tertiary/aromatic N) is 3. The number of nitriles is 1. The van der Waals surface area contributed by atoms with Gasteiger partial charge >= 0.3 is 0 Å². The molecule has 0 spiro atoms. The van der Waals surface area contributed by atoms with E-state index in [0.29, 0.717) is 18.7 Å². The van der Waals surface area contributed by atoms with Crippen LogP contribution in [0.5, 0.6) is 0 Å². The van der Waals surface area contributed by atoms with Crippen LogP contribution in [0.15, 0.2) is 18.3 Å². The van der Waals surface area contributed by atoms with Crippen molar-refractivity contribution < 1.29 is 8.42 Å². The Kier molecular flexibility index (Phi) is 4.83. The van der Waals surface area contributed by atoms with Crippen LogP contribution in [0.4, 0.5) is 5.69 Å². The first-order valence-electron chi connectivity index (χ1n) is 8.21. The van der Waals surface area contributed by atoms with Crippen molar-refractivity contribution in [3.63, 3.8) is 0 Å². The summed E-state index contributed by atoms with van der Waals surface area (Å²) in [7, 11) is -3.28. The Hall–Kier alpha value is -1.65. The number of aromatic nitrogens is 1. The molecule has 1 saturated carbocycles. The lowest BCUT2D eigenvalue weighted by Crippen LogP contribution is -2.48. The molecule has 1 aliphatic carbocycles. The van der Waals surface area contributed by atoms with Gasteiger partial charge in [-0.25, -0.2) is 18.1 Å². The molecule has 2 aliphatic rings. The normalized spacial score (nSPS) is 22.9. The summed E-state index contributed by atoms with van der Waals surface area (Å²) in [5.74, 6) is 0. The van der Waals surface area contributed by atoms with Crippen molar-refractivity contribution in [2.24, 2.45) is 0 Å². The Morgan fingerprint density at radius 2 is 2.00 bits per heavy atom. The van der Waals surface area contributed by atoms with E-state index < -0.39 is 10.0 Å². The predicted octanol–water partition coefficient (Wildman–Crippen LogP) is 1.78. The van der Waals surface area contributed by atoms with Gasteiger partial charge in [0.2, 0.25) is 10.0 Å². The van der Waals surface area contributed by atoms with Crippen LogP contribution >= 0.6 is 0 Å². The van der Waals surface area contributed by atoms with E-state index in [9.17, 15) is 8.42 Å². The second-order valence-electron chi connectivity index (χ2n) is 6.37. The summed E-state index contributed by atoms with van der Waals surface area (Å²) >= 11 is 0. The molecule has 1 N–H and O–H groups in total. The summed E-state index contributed by atoms with van der Waals surface area (Å²) in [6.45, 7) is 1.30. The molecule has 3 rings (SSSR count). The Balaban J connectivity index is 1.68. The Morgan fingerprint density at radius 1 is 1.22 bits per heavy atom. The Bertz CT molecular complexity index is 675. The minimum absolute atomic E-state index is 0.118. The SMILES string of the molecule is N#Cc1ccc(N2CCCC(S(=O)(=O)NC3CCCC3)C2)cn1. The van der Waals surface area contributed by atoms with Gasteiger partial charge in [-0.2, -0.15) is 5.26 Å². The molecular formula is C16H22N4O2S. The second kappa shape index (κ2) is 6.85. The van der Waals surface area contributed by atoms with E-state index >= 15 is 0 Å².